The Morgan fingerprint density at radius 3 is 1.24 bits per heavy atom. The fraction of sp³-hybridized carbons (Fsp3) is 0.857. The molecule has 15 rings (SSSR count). The average Bonchev–Trinajstić information content (AvgIpc) is 1.61. The zero-order valence-electron chi connectivity index (χ0n) is 56.3. The molecule has 0 aromatic rings. The minimum absolute atomic E-state index is 0.000856. The number of hydrogen-bond donors (Lipinski definition) is 0. The van der Waals surface area contributed by atoms with Gasteiger partial charge in [-0.3, -0.25) is 47.9 Å². The predicted molar refractivity (Wildman–Crippen MR) is 321 cm³/mol. The van der Waals surface area contributed by atoms with Crippen molar-refractivity contribution in [3.63, 3.8) is 0 Å². The van der Waals surface area contributed by atoms with Gasteiger partial charge in [-0.2, -0.15) is 0 Å². The Bertz CT molecular complexity index is 2880. The molecule has 6 saturated carbocycles. The number of hydrogen-bond acceptors (Lipinski definition) is 22. The third-order valence-electron chi connectivity index (χ3n) is 25.1. The fourth-order valence-electron chi connectivity index (χ4n) is 17.6. The Kier molecular flexibility index (Phi) is 19.2. The number of carbonyl (C=O) groups is 10. The maximum atomic E-state index is 12.3. The summed E-state index contributed by atoms with van der Waals surface area (Å²) in [6, 6.07) is 0. The molecule has 15 fully saturated rings. The number of esters is 10. The molecule has 28 atom stereocenters. The standard InChI is InChI=1S/C16H24O4.C15H22O4.C14H20O4.C13H18O5.C12H16O5/c1-5-16(3,4)15(18)20-13-8(2)9-6-10(13)11-7-19-14(17)12(9)11;1-4-15(2,3)14(17)19-11-6-8-5-9(11)10-7-18-13(16)12(8)10;1-3-7(2)13(15)18-11-5-8-4-9(11)10-6-17-14(16)12(8)10;1-4-13(2,3)12(15)18-9-7-5-6-8(16-7)10(9)17-11(6)14;1-3-5(2)11(13)16-9-7-4-6-8(15-7)10(9)17-12(6)14/h8-13H,5-7H2,1-4H3;8-12H,4-7H2,1-3H3;7-12H,3-6H2,1-2H3;6-10H,4-5H2,1-3H3;5-10H,3-4H2,1-2H3. The van der Waals surface area contributed by atoms with Gasteiger partial charge in [0.15, 0.2) is 24.4 Å². The van der Waals surface area contributed by atoms with Gasteiger partial charge in [0.2, 0.25) is 0 Å². The highest BCUT2D eigenvalue weighted by atomic mass is 16.7. The largest absolute Gasteiger partial charge is 0.465 e. The lowest BCUT2D eigenvalue weighted by atomic mass is 9.74. The zero-order valence-corrected chi connectivity index (χ0v) is 56.3. The number of fused-ring (bicyclic) bond motifs is 17. The highest BCUT2D eigenvalue weighted by Crippen LogP contribution is 2.60. The van der Waals surface area contributed by atoms with E-state index >= 15 is 0 Å². The minimum Gasteiger partial charge on any atom is -0.465 e. The van der Waals surface area contributed by atoms with Gasteiger partial charge >= 0.3 is 59.7 Å². The third kappa shape index (κ3) is 12.2. The minimum atomic E-state index is -0.510. The van der Waals surface area contributed by atoms with Crippen molar-refractivity contribution < 1.29 is 105 Å². The van der Waals surface area contributed by atoms with E-state index in [0.29, 0.717) is 80.5 Å². The number of cyclic esters (lactones) is 3. The first-order valence-electron chi connectivity index (χ1n) is 34.7. The third-order valence-corrected chi connectivity index (χ3v) is 25.1. The van der Waals surface area contributed by atoms with Crippen LogP contribution in [0.3, 0.4) is 0 Å². The van der Waals surface area contributed by atoms with Gasteiger partial charge in [0, 0.05) is 35.5 Å². The van der Waals surface area contributed by atoms with Crippen molar-refractivity contribution in [2.45, 2.75) is 241 Å². The highest BCUT2D eigenvalue weighted by molar-refractivity contribution is 5.81. The van der Waals surface area contributed by atoms with Gasteiger partial charge < -0.3 is 56.8 Å². The van der Waals surface area contributed by atoms with Crippen LogP contribution in [-0.4, -0.2) is 147 Å². The van der Waals surface area contributed by atoms with Crippen LogP contribution in [0.2, 0.25) is 0 Å². The van der Waals surface area contributed by atoms with E-state index in [9.17, 15) is 47.9 Å². The number of rotatable bonds is 15. The molecule has 0 N–H and O–H groups in total. The van der Waals surface area contributed by atoms with E-state index in [1.165, 1.54) is 0 Å². The van der Waals surface area contributed by atoms with Crippen LogP contribution >= 0.6 is 0 Å². The zero-order chi connectivity index (χ0) is 66.5. The Balaban J connectivity index is 0.000000118. The number of ether oxygens (including phenoxy) is 12. The molecule has 10 bridgehead atoms. The summed E-state index contributed by atoms with van der Waals surface area (Å²) in [4.78, 5) is 118. The van der Waals surface area contributed by atoms with E-state index in [1.54, 1.807) is 0 Å². The molecule has 22 nitrogen and oxygen atoms in total. The molecule has 0 spiro atoms. The van der Waals surface area contributed by atoms with Gasteiger partial charge in [-0.05, 0) is 142 Å². The second kappa shape index (κ2) is 26.0. The van der Waals surface area contributed by atoms with E-state index < -0.39 is 34.6 Å². The smallest absolute Gasteiger partial charge is 0.312 e. The first-order chi connectivity index (χ1) is 43.5. The SMILES string of the molecule is CCC(C)(C)C(=O)OC1C(C)C2CC1C1COC(=O)C21.CCC(C)(C)C(=O)OC1C2CC3C(=O)OC1C3O2.CCC(C)(C)C(=O)OC1CC2CC1C1COC(=O)C21.CCC(C)C(=O)OC1C2CC3C(=O)OC1C3O2.CCC(C)C(=O)OC1CC2CC1C1COC(=O)C21. The monoisotopic (exact) mass is 1290 g/mol. The summed E-state index contributed by atoms with van der Waals surface area (Å²) in [5.41, 5.74) is -1.35. The van der Waals surface area contributed by atoms with Crippen molar-refractivity contribution in [1.29, 1.82) is 0 Å². The second-order valence-electron chi connectivity index (χ2n) is 31.3. The van der Waals surface area contributed by atoms with Gasteiger partial charge in [0.1, 0.15) is 30.5 Å². The second-order valence-corrected chi connectivity index (χ2v) is 31.3. The molecule has 92 heavy (non-hydrogen) atoms. The summed E-state index contributed by atoms with van der Waals surface area (Å²) in [5, 5.41) is 0. The van der Waals surface area contributed by atoms with Crippen LogP contribution < -0.4 is 0 Å². The number of carbonyl (C=O) groups excluding carboxylic acids is 10. The highest BCUT2D eigenvalue weighted by Gasteiger charge is 2.68. The van der Waals surface area contributed by atoms with Crippen LogP contribution in [0, 0.1) is 117 Å². The van der Waals surface area contributed by atoms with Gasteiger partial charge in [-0.15, -0.1) is 0 Å². The first kappa shape index (κ1) is 68.0. The summed E-state index contributed by atoms with van der Waals surface area (Å²) in [6.45, 7) is 28.7. The molecule has 6 aliphatic carbocycles. The lowest BCUT2D eigenvalue weighted by Crippen LogP contribution is -2.42. The van der Waals surface area contributed by atoms with Crippen molar-refractivity contribution in [2.75, 3.05) is 19.8 Å². The maximum absolute atomic E-state index is 12.3. The van der Waals surface area contributed by atoms with E-state index in [1.807, 2.05) is 90.0 Å². The van der Waals surface area contributed by atoms with E-state index in [4.69, 9.17) is 56.8 Å². The summed E-state index contributed by atoms with van der Waals surface area (Å²) in [6.07, 6.45) is 7.48. The van der Waals surface area contributed by atoms with Crippen molar-refractivity contribution in [2.24, 2.45) is 117 Å². The first-order valence-corrected chi connectivity index (χ1v) is 34.7. The molecular formula is C70H100O22. The topological polar surface area (TPSA) is 281 Å². The molecule has 0 aromatic carbocycles. The van der Waals surface area contributed by atoms with Gasteiger partial charge in [0.25, 0.3) is 0 Å². The van der Waals surface area contributed by atoms with E-state index in [2.05, 4.69) is 6.92 Å². The van der Waals surface area contributed by atoms with Crippen LogP contribution in [0.4, 0.5) is 0 Å². The molecule has 0 radical (unpaired) electrons. The molecule has 15 aliphatic rings. The summed E-state index contributed by atoms with van der Waals surface area (Å²) >= 11 is 0. The molecule has 28 unspecified atom stereocenters. The van der Waals surface area contributed by atoms with Crippen LogP contribution in [-0.2, 0) is 105 Å². The Hall–Kier alpha value is -5.38. The summed E-state index contributed by atoms with van der Waals surface area (Å²) in [7, 11) is 0. The van der Waals surface area contributed by atoms with Gasteiger partial charge in [0.05, 0.1) is 89.7 Å². The Labute approximate surface area is 540 Å². The van der Waals surface area contributed by atoms with Crippen molar-refractivity contribution in [3.05, 3.63) is 0 Å². The normalized spacial score (nSPS) is 42.0. The van der Waals surface area contributed by atoms with Crippen LogP contribution in [0.25, 0.3) is 0 Å². The van der Waals surface area contributed by atoms with E-state index in [0.717, 1.165) is 57.8 Å². The molecule has 22 heteroatoms. The van der Waals surface area contributed by atoms with Gasteiger partial charge in [-0.1, -0.05) is 55.4 Å². The Morgan fingerprint density at radius 2 is 0.804 bits per heavy atom. The molecule has 512 valence electrons. The molecule has 0 amide bonds. The lowest BCUT2D eigenvalue weighted by Gasteiger charge is -2.35. The van der Waals surface area contributed by atoms with Crippen LogP contribution in [0.15, 0.2) is 0 Å². The maximum Gasteiger partial charge on any atom is 0.312 e. The molecule has 9 heterocycles. The predicted octanol–water partition coefficient (Wildman–Crippen LogP) is 8.05. The molecule has 9 saturated heterocycles. The molecule has 0 aromatic heterocycles. The molecular weight excluding hydrogens is 1190 g/mol. The molecule has 9 aliphatic heterocycles. The quantitative estimate of drug-likeness (QED) is 0.111. The van der Waals surface area contributed by atoms with Gasteiger partial charge in [-0.25, -0.2) is 0 Å². The van der Waals surface area contributed by atoms with Crippen molar-refractivity contribution >= 4 is 59.7 Å². The summed E-state index contributed by atoms with van der Waals surface area (Å²) in [5.74, 6) is 1.72. The Morgan fingerprint density at radius 1 is 0.424 bits per heavy atom. The lowest BCUT2D eigenvalue weighted by molar-refractivity contribution is -0.169. The van der Waals surface area contributed by atoms with E-state index in [-0.39, 0.29) is 168 Å². The van der Waals surface area contributed by atoms with Crippen molar-refractivity contribution in [3.8, 4) is 0 Å². The average molecular weight is 1290 g/mol. The van der Waals surface area contributed by atoms with Crippen molar-refractivity contribution in [1.82, 2.24) is 0 Å². The van der Waals surface area contributed by atoms with Crippen LogP contribution in [0.5, 0.6) is 0 Å². The van der Waals surface area contributed by atoms with Crippen LogP contribution in [0.1, 0.15) is 174 Å². The fourth-order valence-corrected chi connectivity index (χ4v) is 17.6. The summed E-state index contributed by atoms with van der Waals surface area (Å²) < 4.78 is 65.5.